The van der Waals surface area contributed by atoms with E-state index in [1.807, 2.05) is 37.3 Å². The van der Waals surface area contributed by atoms with Crippen molar-refractivity contribution in [3.05, 3.63) is 72.3 Å². The molecule has 180 valence electrons. The van der Waals surface area contributed by atoms with Crippen LogP contribution in [0.2, 0.25) is 0 Å². The van der Waals surface area contributed by atoms with Crippen LogP contribution in [0, 0.1) is 5.92 Å². The van der Waals surface area contributed by atoms with Gasteiger partial charge in [-0.3, -0.25) is 9.78 Å². The molecule has 3 aromatic heterocycles. The molecule has 1 aromatic carbocycles. The molecule has 0 radical (unpaired) electrons. The van der Waals surface area contributed by atoms with Gasteiger partial charge in [-0.2, -0.15) is 0 Å². The third kappa shape index (κ3) is 5.37. The fourth-order valence-electron chi connectivity index (χ4n) is 4.02. The number of carbonyl (C=O) groups excluding carboxylic acids is 1. The van der Waals surface area contributed by atoms with Crippen LogP contribution in [0.3, 0.4) is 0 Å². The first kappa shape index (κ1) is 24.1. The van der Waals surface area contributed by atoms with Crippen LogP contribution < -0.4 is 15.4 Å². The molecule has 2 unspecified atom stereocenters. The van der Waals surface area contributed by atoms with Gasteiger partial charge in [0.25, 0.3) is 5.91 Å². The minimum Gasteiger partial charge on any atom is -0.478 e. The van der Waals surface area contributed by atoms with Gasteiger partial charge in [-0.05, 0) is 36.5 Å². The Morgan fingerprint density at radius 2 is 1.91 bits per heavy atom. The fourth-order valence-corrected chi connectivity index (χ4v) is 4.02. The minimum atomic E-state index is -0.112. The number of para-hydroxylation sites is 1. The average Bonchev–Trinajstić information content (AvgIpc) is 2.91. The molecular formula is C27H30N6O2. The van der Waals surface area contributed by atoms with E-state index in [4.69, 9.17) is 4.74 Å². The summed E-state index contributed by atoms with van der Waals surface area (Å²) < 4.78 is 5.41. The van der Waals surface area contributed by atoms with Crippen molar-refractivity contribution in [1.82, 2.24) is 25.3 Å². The highest BCUT2D eigenvalue weighted by atomic mass is 16.5. The van der Waals surface area contributed by atoms with E-state index in [1.165, 1.54) is 0 Å². The van der Waals surface area contributed by atoms with Crippen molar-refractivity contribution in [2.45, 2.75) is 26.7 Å². The average molecular weight is 471 g/mol. The summed E-state index contributed by atoms with van der Waals surface area (Å²) in [7, 11) is 1.64. The van der Waals surface area contributed by atoms with Crippen LogP contribution in [0.5, 0.6) is 5.88 Å². The molecule has 0 aliphatic rings. The van der Waals surface area contributed by atoms with Gasteiger partial charge in [0.05, 0.1) is 23.4 Å². The van der Waals surface area contributed by atoms with Gasteiger partial charge in [-0.15, -0.1) is 0 Å². The van der Waals surface area contributed by atoms with Gasteiger partial charge in [0, 0.05) is 49.1 Å². The second-order valence-corrected chi connectivity index (χ2v) is 8.43. The summed E-state index contributed by atoms with van der Waals surface area (Å²) in [5.74, 6) is 1.71. The number of aromatic nitrogens is 4. The Kier molecular flexibility index (Phi) is 7.50. The van der Waals surface area contributed by atoms with Gasteiger partial charge in [0.1, 0.15) is 12.1 Å². The maximum Gasteiger partial charge on any atom is 0.251 e. The second kappa shape index (κ2) is 10.9. The molecule has 8 nitrogen and oxygen atoms in total. The van der Waals surface area contributed by atoms with Crippen molar-refractivity contribution < 1.29 is 9.53 Å². The van der Waals surface area contributed by atoms with E-state index in [0.29, 0.717) is 24.6 Å². The van der Waals surface area contributed by atoms with Crippen LogP contribution in [-0.4, -0.2) is 46.0 Å². The largest absolute Gasteiger partial charge is 0.478 e. The number of fused-ring (bicyclic) bond motifs is 1. The number of anilines is 1. The quantitative estimate of drug-likeness (QED) is 0.366. The lowest BCUT2D eigenvalue weighted by molar-refractivity contribution is 0.0964. The number of hydrogen-bond donors (Lipinski definition) is 2. The molecule has 0 spiro atoms. The number of hydrogen-bond acceptors (Lipinski definition) is 7. The molecule has 8 heteroatoms. The molecule has 0 aliphatic carbocycles. The molecule has 2 N–H and O–H groups in total. The van der Waals surface area contributed by atoms with E-state index >= 15 is 0 Å². The molecule has 0 fully saturated rings. The number of pyridine rings is 2. The Balaban J connectivity index is 1.48. The number of ether oxygens (including phenoxy) is 1. The van der Waals surface area contributed by atoms with Crippen molar-refractivity contribution >= 4 is 22.6 Å². The molecule has 0 saturated carbocycles. The highest BCUT2D eigenvalue weighted by Crippen LogP contribution is 2.31. The first-order chi connectivity index (χ1) is 17.0. The maximum atomic E-state index is 12.3. The minimum absolute atomic E-state index is 0.112. The lowest BCUT2D eigenvalue weighted by Gasteiger charge is -2.22. The molecule has 0 saturated heterocycles. The summed E-state index contributed by atoms with van der Waals surface area (Å²) in [5, 5.41) is 7.01. The summed E-state index contributed by atoms with van der Waals surface area (Å²) in [6.45, 7) is 7.60. The molecule has 0 bridgehead atoms. The summed E-state index contributed by atoms with van der Waals surface area (Å²) in [6.07, 6.45) is 5.00. The van der Waals surface area contributed by atoms with E-state index in [1.54, 1.807) is 31.8 Å². The van der Waals surface area contributed by atoms with Crippen molar-refractivity contribution in [3.8, 4) is 17.1 Å². The summed E-state index contributed by atoms with van der Waals surface area (Å²) >= 11 is 0. The number of amides is 1. The monoisotopic (exact) mass is 470 g/mol. The zero-order valence-corrected chi connectivity index (χ0v) is 20.4. The Morgan fingerprint density at radius 1 is 1.06 bits per heavy atom. The number of nitrogens with zero attached hydrogens (tertiary/aromatic N) is 4. The van der Waals surface area contributed by atoms with Gasteiger partial charge >= 0.3 is 0 Å². The molecule has 35 heavy (non-hydrogen) atoms. The third-order valence-corrected chi connectivity index (χ3v) is 6.21. The Hall–Kier alpha value is -4.07. The van der Waals surface area contributed by atoms with Crippen LogP contribution in [-0.2, 0) is 0 Å². The third-order valence-electron chi connectivity index (χ3n) is 6.21. The molecule has 2 atom stereocenters. The van der Waals surface area contributed by atoms with Crippen LogP contribution >= 0.6 is 0 Å². The van der Waals surface area contributed by atoms with Crippen molar-refractivity contribution in [1.29, 1.82) is 0 Å². The summed E-state index contributed by atoms with van der Waals surface area (Å²) in [5.41, 5.74) is 4.30. The van der Waals surface area contributed by atoms with Crippen molar-refractivity contribution in [3.63, 3.8) is 0 Å². The number of rotatable bonds is 9. The van der Waals surface area contributed by atoms with E-state index in [-0.39, 0.29) is 17.7 Å². The smallest absolute Gasteiger partial charge is 0.251 e. The van der Waals surface area contributed by atoms with Gasteiger partial charge in [-0.25, -0.2) is 15.0 Å². The van der Waals surface area contributed by atoms with E-state index in [9.17, 15) is 4.79 Å². The molecule has 0 aliphatic heterocycles. The lowest BCUT2D eigenvalue weighted by Crippen LogP contribution is -2.19. The van der Waals surface area contributed by atoms with E-state index in [0.717, 1.165) is 33.5 Å². The second-order valence-electron chi connectivity index (χ2n) is 8.43. The van der Waals surface area contributed by atoms with E-state index in [2.05, 4.69) is 50.5 Å². The first-order valence-electron chi connectivity index (χ1n) is 11.8. The molecule has 4 aromatic rings. The topological polar surface area (TPSA) is 102 Å². The van der Waals surface area contributed by atoms with Gasteiger partial charge in [0.15, 0.2) is 0 Å². The summed E-state index contributed by atoms with van der Waals surface area (Å²) in [6, 6.07) is 13.5. The number of benzene rings is 1. The van der Waals surface area contributed by atoms with Gasteiger partial charge in [-0.1, -0.05) is 32.0 Å². The van der Waals surface area contributed by atoms with E-state index < -0.39 is 0 Å². The summed E-state index contributed by atoms with van der Waals surface area (Å²) in [4.78, 5) is 30.0. The van der Waals surface area contributed by atoms with Crippen LogP contribution in [0.25, 0.3) is 22.2 Å². The van der Waals surface area contributed by atoms with Gasteiger partial charge < -0.3 is 15.4 Å². The van der Waals surface area contributed by atoms with Crippen LogP contribution in [0.4, 0.5) is 5.82 Å². The number of nitrogens with one attached hydrogen (secondary N) is 2. The highest BCUT2D eigenvalue weighted by Gasteiger charge is 2.19. The van der Waals surface area contributed by atoms with Crippen LogP contribution in [0.15, 0.2) is 61.2 Å². The van der Waals surface area contributed by atoms with Gasteiger partial charge in [0.2, 0.25) is 5.88 Å². The maximum absolute atomic E-state index is 12.3. The predicted molar refractivity (Wildman–Crippen MR) is 138 cm³/mol. The van der Waals surface area contributed by atoms with Crippen molar-refractivity contribution in [2.24, 2.45) is 5.92 Å². The Morgan fingerprint density at radius 3 is 2.66 bits per heavy atom. The zero-order valence-electron chi connectivity index (χ0n) is 20.4. The van der Waals surface area contributed by atoms with Crippen LogP contribution in [0.1, 0.15) is 42.6 Å². The predicted octanol–water partition coefficient (Wildman–Crippen LogP) is 4.70. The molecule has 3 heterocycles. The highest BCUT2D eigenvalue weighted by molar-refractivity contribution is 6.06. The Labute approximate surface area is 205 Å². The fraction of sp³-hybridized carbons (Fsp3) is 0.296. The SMILES string of the molecule is CCOc1ccc(-c2cc(NCC(C)C(C)c3cccc4c(C(=O)NC)ccnc34)ncn2)cn1. The normalized spacial score (nSPS) is 12.7. The molecule has 4 rings (SSSR count). The van der Waals surface area contributed by atoms with Crippen molar-refractivity contribution in [2.75, 3.05) is 25.5 Å². The first-order valence-corrected chi connectivity index (χ1v) is 11.8. The molecule has 1 amide bonds. The molecular weight excluding hydrogens is 440 g/mol. The zero-order chi connectivity index (χ0) is 24.8. The standard InChI is InChI=1S/C27H30N6O2/c1-5-35-25-10-9-19(15-31-25)23-13-24(33-16-32-23)30-14-17(2)18(3)20-7-6-8-21-22(27(34)28-4)11-12-29-26(20)21/h6-13,15-18H,5,14H2,1-4H3,(H,28,34)(H,30,32,33). The number of carbonyl (C=O) groups is 1. The Bertz CT molecular complexity index is 1310. The lowest BCUT2D eigenvalue weighted by atomic mass is 9.87.